The summed E-state index contributed by atoms with van der Waals surface area (Å²) < 4.78 is 5.22. The highest BCUT2D eigenvalue weighted by Gasteiger charge is 2.37. The predicted molar refractivity (Wildman–Crippen MR) is 85.9 cm³/mol. The first-order chi connectivity index (χ1) is 11.1. The van der Waals surface area contributed by atoms with E-state index in [9.17, 15) is 15.3 Å². The molecule has 116 valence electrons. The van der Waals surface area contributed by atoms with Gasteiger partial charge < -0.3 is 4.74 Å². The van der Waals surface area contributed by atoms with Crippen molar-refractivity contribution in [2.75, 3.05) is 6.61 Å². The molecule has 2 atom stereocenters. The quantitative estimate of drug-likeness (QED) is 0.631. The molecular formula is C19H18N2O2. The fourth-order valence-electron chi connectivity index (χ4n) is 3.01. The summed E-state index contributed by atoms with van der Waals surface area (Å²) >= 11 is 0. The van der Waals surface area contributed by atoms with Crippen molar-refractivity contribution < 1.29 is 9.53 Å². The number of carbonyl (C=O) groups is 1. The standard InChI is InChI=1S/C19H18N2O2/c1-3-23-19(22)18-16(14-7-5-4-6-8-14)9-13(2)10-17(18)15(11-20)12-21/h4-8,10,16,18H,3,9H2,1-2H3. The molecule has 4 heteroatoms. The minimum Gasteiger partial charge on any atom is -0.466 e. The minimum absolute atomic E-state index is 0.0250. The van der Waals surface area contributed by atoms with Gasteiger partial charge in [0.15, 0.2) is 0 Å². The van der Waals surface area contributed by atoms with Crippen LogP contribution < -0.4 is 0 Å². The van der Waals surface area contributed by atoms with Gasteiger partial charge in [-0.25, -0.2) is 0 Å². The summed E-state index contributed by atoms with van der Waals surface area (Å²) in [6.07, 6.45) is 2.48. The molecule has 0 heterocycles. The van der Waals surface area contributed by atoms with Gasteiger partial charge in [0.25, 0.3) is 0 Å². The molecular weight excluding hydrogens is 288 g/mol. The number of rotatable bonds is 3. The molecule has 0 bridgehead atoms. The van der Waals surface area contributed by atoms with Crippen LogP contribution in [0.1, 0.15) is 31.7 Å². The lowest BCUT2D eigenvalue weighted by Crippen LogP contribution is -2.29. The lowest BCUT2D eigenvalue weighted by atomic mass is 9.72. The van der Waals surface area contributed by atoms with Gasteiger partial charge in [0.1, 0.15) is 17.7 Å². The molecule has 1 aromatic carbocycles. The van der Waals surface area contributed by atoms with E-state index in [0.29, 0.717) is 12.0 Å². The van der Waals surface area contributed by atoms with Gasteiger partial charge in [-0.1, -0.05) is 42.0 Å². The summed E-state index contributed by atoms with van der Waals surface area (Å²) in [5, 5.41) is 18.5. The fraction of sp³-hybridized carbons (Fsp3) is 0.316. The second-order valence-corrected chi connectivity index (χ2v) is 5.50. The maximum absolute atomic E-state index is 12.5. The molecule has 0 amide bonds. The van der Waals surface area contributed by atoms with Gasteiger partial charge in [-0.3, -0.25) is 4.79 Å². The Kier molecular flexibility index (Phi) is 5.33. The Morgan fingerprint density at radius 3 is 2.48 bits per heavy atom. The van der Waals surface area contributed by atoms with E-state index >= 15 is 0 Å². The summed E-state index contributed by atoms with van der Waals surface area (Å²) in [7, 11) is 0. The topological polar surface area (TPSA) is 73.9 Å². The molecule has 0 spiro atoms. The molecule has 1 aliphatic carbocycles. The second kappa shape index (κ2) is 7.42. The fourth-order valence-corrected chi connectivity index (χ4v) is 3.01. The van der Waals surface area contributed by atoms with Crippen LogP contribution in [0, 0.1) is 28.6 Å². The predicted octanol–water partition coefficient (Wildman–Crippen LogP) is 3.64. The zero-order valence-corrected chi connectivity index (χ0v) is 13.2. The molecule has 0 fully saturated rings. The third kappa shape index (κ3) is 3.49. The van der Waals surface area contributed by atoms with Gasteiger partial charge in [-0.2, -0.15) is 10.5 Å². The largest absolute Gasteiger partial charge is 0.466 e. The van der Waals surface area contributed by atoms with Crippen LogP contribution in [0.5, 0.6) is 0 Å². The van der Waals surface area contributed by atoms with Crippen LogP contribution in [-0.4, -0.2) is 12.6 Å². The Balaban J connectivity index is 2.61. The van der Waals surface area contributed by atoms with E-state index in [2.05, 4.69) is 0 Å². The van der Waals surface area contributed by atoms with Crippen molar-refractivity contribution in [3.8, 4) is 12.1 Å². The summed E-state index contributed by atoms with van der Waals surface area (Å²) in [6.45, 7) is 3.96. The minimum atomic E-state index is -0.629. The van der Waals surface area contributed by atoms with Crippen LogP contribution in [0.2, 0.25) is 0 Å². The van der Waals surface area contributed by atoms with E-state index in [4.69, 9.17) is 4.74 Å². The van der Waals surface area contributed by atoms with Gasteiger partial charge in [-0.15, -0.1) is 0 Å². The van der Waals surface area contributed by atoms with E-state index in [1.54, 1.807) is 13.0 Å². The first kappa shape index (κ1) is 16.5. The van der Waals surface area contributed by atoms with Gasteiger partial charge in [0.05, 0.1) is 12.5 Å². The molecule has 2 unspecified atom stereocenters. The summed E-state index contributed by atoms with van der Waals surface area (Å²) in [5.74, 6) is -1.15. The SMILES string of the molecule is CCOC(=O)C1C(=C(C#N)C#N)C=C(C)CC1c1ccccc1. The molecule has 1 aromatic rings. The Morgan fingerprint density at radius 2 is 1.91 bits per heavy atom. The van der Waals surface area contributed by atoms with Crippen LogP contribution in [0.25, 0.3) is 0 Å². The lowest BCUT2D eigenvalue weighted by molar-refractivity contribution is -0.147. The first-order valence-electron chi connectivity index (χ1n) is 7.55. The number of allylic oxidation sites excluding steroid dienone is 3. The molecule has 2 rings (SSSR count). The number of hydrogen-bond acceptors (Lipinski definition) is 4. The van der Waals surface area contributed by atoms with Crippen molar-refractivity contribution in [3.63, 3.8) is 0 Å². The third-order valence-electron chi connectivity index (χ3n) is 3.96. The normalized spacial score (nSPS) is 20.0. The number of nitriles is 2. The van der Waals surface area contributed by atoms with Crippen molar-refractivity contribution in [2.45, 2.75) is 26.2 Å². The van der Waals surface area contributed by atoms with Crippen molar-refractivity contribution in [1.82, 2.24) is 0 Å². The average Bonchev–Trinajstić information content (AvgIpc) is 2.56. The molecule has 0 aliphatic heterocycles. The maximum Gasteiger partial charge on any atom is 0.314 e. The molecule has 0 saturated heterocycles. The number of benzene rings is 1. The molecule has 4 nitrogen and oxygen atoms in total. The molecule has 0 radical (unpaired) electrons. The highest BCUT2D eigenvalue weighted by atomic mass is 16.5. The first-order valence-corrected chi connectivity index (χ1v) is 7.55. The van der Waals surface area contributed by atoms with Crippen molar-refractivity contribution >= 4 is 5.97 Å². The van der Waals surface area contributed by atoms with Gasteiger partial charge in [-0.05, 0) is 31.4 Å². The summed E-state index contributed by atoms with van der Waals surface area (Å²) in [4.78, 5) is 12.5. The number of nitrogens with zero attached hydrogens (tertiary/aromatic N) is 2. The molecule has 0 saturated carbocycles. The van der Waals surface area contributed by atoms with E-state index < -0.39 is 5.92 Å². The molecule has 1 aliphatic rings. The van der Waals surface area contributed by atoms with Gasteiger partial charge in [0.2, 0.25) is 0 Å². The van der Waals surface area contributed by atoms with E-state index in [-0.39, 0.29) is 24.1 Å². The molecule has 0 N–H and O–H groups in total. The highest BCUT2D eigenvalue weighted by molar-refractivity contribution is 5.80. The Morgan fingerprint density at radius 1 is 1.26 bits per heavy atom. The van der Waals surface area contributed by atoms with Crippen LogP contribution in [0.4, 0.5) is 0 Å². The van der Waals surface area contributed by atoms with Crippen LogP contribution in [0.3, 0.4) is 0 Å². The van der Waals surface area contributed by atoms with Crippen molar-refractivity contribution in [2.24, 2.45) is 5.92 Å². The zero-order chi connectivity index (χ0) is 16.8. The van der Waals surface area contributed by atoms with Crippen LogP contribution in [0.15, 0.2) is 53.1 Å². The molecule has 0 aromatic heterocycles. The van der Waals surface area contributed by atoms with E-state index in [1.807, 2.05) is 49.4 Å². The maximum atomic E-state index is 12.5. The highest BCUT2D eigenvalue weighted by Crippen LogP contribution is 2.42. The van der Waals surface area contributed by atoms with Gasteiger partial charge >= 0.3 is 5.97 Å². The lowest BCUT2D eigenvalue weighted by Gasteiger charge is -2.31. The number of ether oxygens (including phenoxy) is 1. The Bertz CT molecular complexity index is 717. The summed E-state index contributed by atoms with van der Waals surface area (Å²) in [5.41, 5.74) is 2.48. The van der Waals surface area contributed by atoms with E-state index in [1.165, 1.54) is 0 Å². The summed E-state index contributed by atoms with van der Waals surface area (Å²) in [6, 6.07) is 13.5. The van der Waals surface area contributed by atoms with E-state index in [0.717, 1.165) is 11.1 Å². The Hall–Kier alpha value is -2.85. The number of carbonyl (C=O) groups excluding carboxylic acids is 1. The van der Waals surface area contributed by atoms with Crippen molar-refractivity contribution in [3.05, 3.63) is 58.7 Å². The zero-order valence-electron chi connectivity index (χ0n) is 13.2. The van der Waals surface area contributed by atoms with Crippen LogP contribution >= 0.6 is 0 Å². The Labute approximate surface area is 136 Å². The molecule has 23 heavy (non-hydrogen) atoms. The monoisotopic (exact) mass is 306 g/mol. The third-order valence-corrected chi connectivity index (χ3v) is 3.96. The number of esters is 1. The van der Waals surface area contributed by atoms with Crippen molar-refractivity contribution in [1.29, 1.82) is 10.5 Å². The average molecular weight is 306 g/mol. The smallest absolute Gasteiger partial charge is 0.314 e. The van der Waals surface area contributed by atoms with Crippen LogP contribution in [-0.2, 0) is 9.53 Å². The van der Waals surface area contributed by atoms with Gasteiger partial charge in [0, 0.05) is 5.92 Å². The number of hydrogen-bond donors (Lipinski definition) is 0. The second-order valence-electron chi connectivity index (χ2n) is 5.50.